The summed E-state index contributed by atoms with van der Waals surface area (Å²) in [6, 6.07) is 8.66. The third kappa shape index (κ3) is 3.10. The second-order valence-electron chi connectivity index (χ2n) is 7.48. The standard InChI is InChI=1S/C21H25N3O4/c1-4-21(2)14-9-15(22-10-13(14)11-28-21)19(25)23-16-12-27-18-8-6-5-7-17(18)24(3)20(16)26/h5-10,16,20,26H,4,11-12H2,1-3H3,(H,23,25)/t16-,20?,21?/m0/s1. The lowest BCUT2D eigenvalue weighted by molar-refractivity contribution is -0.0259. The van der Waals surface area contributed by atoms with Crippen LogP contribution in [0.5, 0.6) is 5.75 Å². The summed E-state index contributed by atoms with van der Waals surface area (Å²) in [6.07, 6.45) is 1.59. The topological polar surface area (TPSA) is 83.9 Å². The van der Waals surface area contributed by atoms with Crippen LogP contribution in [-0.4, -0.2) is 41.9 Å². The number of pyridine rings is 1. The molecular formula is C21H25N3O4. The van der Waals surface area contributed by atoms with Crippen molar-refractivity contribution in [3.63, 3.8) is 0 Å². The van der Waals surface area contributed by atoms with Gasteiger partial charge in [-0.2, -0.15) is 0 Å². The monoisotopic (exact) mass is 383 g/mol. The Balaban J connectivity index is 1.54. The maximum absolute atomic E-state index is 12.8. The quantitative estimate of drug-likeness (QED) is 0.845. The molecule has 3 atom stereocenters. The van der Waals surface area contributed by atoms with Crippen molar-refractivity contribution < 1.29 is 19.4 Å². The van der Waals surface area contributed by atoms with Gasteiger partial charge >= 0.3 is 0 Å². The molecule has 0 saturated heterocycles. The molecule has 4 rings (SSSR count). The highest BCUT2D eigenvalue weighted by atomic mass is 16.5. The zero-order valence-corrected chi connectivity index (χ0v) is 16.3. The molecule has 148 valence electrons. The summed E-state index contributed by atoms with van der Waals surface area (Å²) in [4.78, 5) is 18.8. The van der Waals surface area contributed by atoms with Crippen LogP contribution in [0.4, 0.5) is 5.69 Å². The van der Waals surface area contributed by atoms with Gasteiger partial charge in [0.1, 0.15) is 24.1 Å². The Morgan fingerprint density at radius 2 is 2.21 bits per heavy atom. The molecule has 1 amide bonds. The second-order valence-corrected chi connectivity index (χ2v) is 7.48. The Morgan fingerprint density at radius 3 is 3.00 bits per heavy atom. The molecule has 3 heterocycles. The second kappa shape index (κ2) is 7.07. The van der Waals surface area contributed by atoms with Crippen LogP contribution in [0.1, 0.15) is 41.9 Å². The number of para-hydroxylation sites is 2. The van der Waals surface area contributed by atoms with Crippen LogP contribution in [0, 0.1) is 0 Å². The summed E-state index contributed by atoms with van der Waals surface area (Å²) in [5.41, 5.74) is 2.69. The van der Waals surface area contributed by atoms with Gasteiger partial charge in [-0.05, 0) is 37.1 Å². The lowest BCUT2D eigenvalue weighted by Crippen LogP contribution is -2.52. The van der Waals surface area contributed by atoms with E-state index < -0.39 is 17.9 Å². The van der Waals surface area contributed by atoms with Gasteiger partial charge < -0.3 is 24.8 Å². The van der Waals surface area contributed by atoms with E-state index >= 15 is 0 Å². The number of nitrogens with one attached hydrogen (secondary N) is 1. The number of carbonyl (C=O) groups is 1. The van der Waals surface area contributed by atoms with E-state index in [4.69, 9.17) is 9.47 Å². The molecule has 2 aliphatic rings. The van der Waals surface area contributed by atoms with Crippen LogP contribution < -0.4 is 15.0 Å². The molecule has 0 spiro atoms. The third-order valence-electron chi connectivity index (χ3n) is 5.75. The first-order valence-corrected chi connectivity index (χ1v) is 9.50. The molecule has 0 aliphatic carbocycles. The number of anilines is 1. The van der Waals surface area contributed by atoms with Crippen molar-refractivity contribution in [1.82, 2.24) is 10.3 Å². The third-order valence-corrected chi connectivity index (χ3v) is 5.75. The predicted octanol–water partition coefficient (Wildman–Crippen LogP) is 2.18. The Morgan fingerprint density at radius 1 is 1.43 bits per heavy atom. The van der Waals surface area contributed by atoms with Crippen molar-refractivity contribution >= 4 is 11.6 Å². The summed E-state index contributed by atoms with van der Waals surface area (Å²) in [5.74, 6) is 0.326. The molecule has 2 aliphatic heterocycles. The fraction of sp³-hybridized carbons (Fsp3) is 0.429. The number of hydrogen-bond donors (Lipinski definition) is 2. The molecule has 28 heavy (non-hydrogen) atoms. The number of likely N-dealkylation sites (N-methyl/N-ethyl adjacent to an activating group) is 1. The van der Waals surface area contributed by atoms with Crippen LogP contribution in [0.2, 0.25) is 0 Å². The van der Waals surface area contributed by atoms with Crippen LogP contribution in [-0.2, 0) is 16.9 Å². The van der Waals surface area contributed by atoms with Gasteiger partial charge in [-0.3, -0.25) is 9.78 Å². The lowest BCUT2D eigenvalue weighted by Gasteiger charge is -2.29. The minimum absolute atomic E-state index is 0.162. The van der Waals surface area contributed by atoms with Gasteiger partial charge in [-0.1, -0.05) is 19.1 Å². The van der Waals surface area contributed by atoms with E-state index in [1.807, 2.05) is 31.2 Å². The number of rotatable bonds is 3. The largest absolute Gasteiger partial charge is 0.489 e. The number of ether oxygens (including phenoxy) is 2. The summed E-state index contributed by atoms with van der Waals surface area (Å²) < 4.78 is 11.7. The first kappa shape index (κ1) is 18.7. The van der Waals surface area contributed by atoms with Gasteiger partial charge in [0.2, 0.25) is 0 Å². The number of nitrogens with zero attached hydrogens (tertiary/aromatic N) is 2. The fourth-order valence-electron chi connectivity index (χ4n) is 3.73. The van der Waals surface area contributed by atoms with E-state index in [2.05, 4.69) is 17.2 Å². The molecule has 7 heteroatoms. The number of carbonyl (C=O) groups excluding carboxylic acids is 1. The number of amides is 1. The molecule has 0 saturated carbocycles. The number of aromatic nitrogens is 1. The highest BCUT2D eigenvalue weighted by molar-refractivity contribution is 5.92. The number of fused-ring (bicyclic) bond motifs is 2. The van der Waals surface area contributed by atoms with Crippen molar-refractivity contribution in [2.45, 2.75) is 44.7 Å². The number of aliphatic hydroxyl groups is 1. The van der Waals surface area contributed by atoms with Gasteiger partial charge in [0.05, 0.1) is 17.9 Å². The van der Waals surface area contributed by atoms with Gasteiger partial charge in [0.15, 0.2) is 6.23 Å². The van der Waals surface area contributed by atoms with E-state index in [0.717, 1.165) is 23.2 Å². The average Bonchev–Trinajstić information content (AvgIpc) is 3.01. The Kier molecular flexibility index (Phi) is 4.72. The molecule has 2 unspecified atom stereocenters. The minimum Gasteiger partial charge on any atom is -0.489 e. The van der Waals surface area contributed by atoms with E-state index in [-0.39, 0.29) is 12.5 Å². The number of hydrogen-bond acceptors (Lipinski definition) is 6. The highest BCUT2D eigenvalue weighted by Gasteiger charge is 2.36. The van der Waals surface area contributed by atoms with Crippen LogP contribution in [0.3, 0.4) is 0 Å². The average molecular weight is 383 g/mol. The van der Waals surface area contributed by atoms with Crippen molar-refractivity contribution in [2.75, 3.05) is 18.6 Å². The summed E-state index contributed by atoms with van der Waals surface area (Å²) >= 11 is 0. The zero-order chi connectivity index (χ0) is 19.9. The predicted molar refractivity (Wildman–Crippen MR) is 104 cm³/mol. The van der Waals surface area contributed by atoms with Crippen molar-refractivity contribution in [2.24, 2.45) is 0 Å². The summed E-state index contributed by atoms with van der Waals surface area (Å²) in [5, 5.41) is 13.6. The number of benzene rings is 1. The smallest absolute Gasteiger partial charge is 0.270 e. The highest BCUT2D eigenvalue weighted by Crippen LogP contribution is 2.38. The first-order chi connectivity index (χ1) is 13.4. The van der Waals surface area contributed by atoms with Gasteiger partial charge in [-0.25, -0.2) is 0 Å². The maximum Gasteiger partial charge on any atom is 0.270 e. The van der Waals surface area contributed by atoms with E-state index in [1.54, 1.807) is 24.2 Å². The molecule has 2 aromatic rings. The maximum atomic E-state index is 12.8. The molecule has 7 nitrogen and oxygen atoms in total. The summed E-state index contributed by atoms with van der Waals surface area (Å²) in [6.45, 7) is 4.75. The van der Waals surface area contributed by atoms with Crippen LogP contribution >= 0.6 is 0 Å². The van der Waals surface area contributed by atoms with Gasteiger partial charge in [-0.15, -0.1) is 0 Å². The van der Waals surface area contributed by atoms with Crippen molar-refractivity contribution in [3.8, 4) is 5.75 Å². The zero-order valence-electron chi connectivity index (χ0n) is 16.3. The van der Waals surface area contributed by atoms with E-state index in [1.165, 1.54) is 0 Å². The Labute approximate surface area is 164 Å². The summed E-state index contributed by atoms with van der Waals surface area (Å²) in [7, 11) is 1.77. The lowest BCUT2D eigenvalue weighted by atomic mass is 9.92. The van der Waals surface area contributed by atoms with E-state index in [9.17, 15) is 9.90 Å². The number of aliphatic hydroxyl groups excluding tert-OH is 1. The first-order valence-electron chi connectivity index (χ1n) is 9.50. The van der Waals surface area contributed by atoms with Crippen LogP contribution in [0.15, 0.2) is 36.5 Å². The molecular weight excluding hydrogens is 358 g/mol. The Bertz CT molecular complexity index is 903. The van der Waals surface area contributed by atoms with Gasteiger partial charge in [0, 0.05) is 18.8 Å². The normalized spacial score (nSPS) is 26.1. The molecule has 0 radical (unpaired) electrons. The molecule has 1 aromatic heterocycles. The minimum atomic E-state index is -0.925. The molecule has 1 aromatic carbocycles. The van der Waals surface area contributed by atoms with Crippen molar-refractivity contribution in [1.29, 1.82) is 0 Å². The van der Waals surface area contributed by atoms with Crippen LogP contribution in [0.25, 0.3) is 0 Å². The molecule has 0 fully saturated rings. The van der Waals surface area contributed by atoms with Gasteiger partial charge in [0.25, 0.3) is 5.91 Å². The SMILES string of the molecule is CCC1(C)OCc2cnc(C(=O)N[C@H]3COc4ccccc4N(C)C3O)cc21. The molecule has 0 bridgehead atoms. The van der Waals surface area contributed by atoms with E-state index in [0.29, 0.717) is 18.1 Å². The van der Waals surface area contributed by atoms with Crippen molar-refractivity contribution in [3.05, 3.63) is 53.3 Å². The fourth-order valence-corrected chi connectivity index (χ4v) is 3.73. The Hall–Kier alpha value is -2.64. The molecule has 2 N–H and O–H groups in total.